The van der Waals surface area contributed by atoms with Gasteiger partial charge in [-0.05, 0) is 45.9 Å². The van der Waals surface area contributed by atoms with Crippen LogP contribution in [0.3, 0.4) is 0 Å². The Kier molecular flexibility index (Phi) is 5.57. The first-order valence-corrected chi connectivity index (χ1v) is 9.08. The number of ether oxygens (including phenoxy) is 1. The number of pyridine rings is 1. The monoisotopic (exact) mass is 353 g/mol. The molecule has 1 aliphatic rings. The molecule has 0 aliphatic carbocycles. The van der Waals surface area contributed by atoms with Crippen LogP contribution in [-0.2, 0) is 11.3 Å². The summed E-state index contributed by atoms with van der Waals surface area (Å²) in [5, 5.41) is 0. The Morgan fingerprint density at radius 2 is 2.00 bits per heavy atom. The summed E-state index contributed by atoms with van der Waals surface area (Å²) in [7, 11) is 3.69. The molecular weight excluding hydrogens is 326 g/mol. The van der Waals surface area contributed by atoms with Crippen molar-refractivity contribution in [3.63, 3.8) is 0 Å². The molecule has 1 saturated heterocycles. The molecule has 3 rings (SSSR count). The Morgan fingerprint density at radius 1 is 1.27 bits per heavy atom. The topological polar surface area (TPSA) is 45.7 Å². The van der Waals surface area contributed by atoms with E-state index in [2.05, 4.69) is 9.88 Å². The largest absolute Gasteiger partial charge is 0.496 e. The molecule has 5 heteroatoms. The van der Waals surface area contributed by atoms with Crippen molar-refractivity contribution in [2.75, 3.05) is 25.6 Å². The minimum atomic E-state index is -0.127. The van der Waals surface area contributed by atoms with E-state index < -0.39 is 0 Å². The fourth-order valence-corrected chi connectivity index (χ4v) is 3.71. The van der Waals surface area contributed by atoms with E-state index in [0.29, 0.717) is 6.54 Å². The Labute approximate surface area is 155 Å². The number of hydrogen-bond donors (Lipinski definition) is 0. The summed E-state index contributed by atoms with van der Waals surface area (Å²) >= 11 is 0. The Morgan fingerprint density at radius 3 is 2.69 bits per heavy atom. The zero-order valence-electron chi connectivity index (χ0n) is 16.0. The standard InChI is InChI=1S/C21H27N3O2/c1-15-13-22-18(16(2)20(15)26-4)14-23(3)19-11-8-12-24(21(19)25)17-9-6-5-7-10-17/h5-7,9-10,13,19H,8,11-12,14H2,1-4H3. The lowest BCUT2D eigenvalue weighted by Gasteiger charge is -2.37. The third kappa shape index (κ3) is 3.58. The van der Waals surface area contributed by atoms with Crippen molar-refractivity contribution in [1.82, 2.24) is 9.88 Å². The number of amides is 1. The molecule has 0 radical (unpaired) electrons. The molecule has 138 valence electrons. The maximum atomic E-state index is 13.1. The first-order valence-electron chi connectivity index (χ1n) is 9.08. The van der Waals surface area contributed by atoms with E-state index in [1.54, 1.807) is 7.11 Å². The van der Waals surface area contributed by atoms with E-state index in [0.717, 1.165) is 47.6 Å². The van der Waals surface area contributed by atoms with E-state index in [9.17, 15) is 4.79 Å². The number of nitrogens with zero attached hydrogens (tertiary/aromatic N) is 3. The van der Waals surface area contributed by atoms with Crippen LogP contribution < -0.4 is 9.64 Å². The molecular formula is C21H27N3O2. The lowest BCUT2D eigenvalue weighted by Crippen LogP contribution is -2.51. The van der Waals surface area contributed by atoms with Crippen molar-refractivity contribution < 1.29 is 9.53 Å². The zero-order chi connectivity index (χ0) is 18.7. The van der Waals surface area contributed by atoms with Gasteiger partial charge in [0.25, 0.3) is 0 Å². The van der Waals surface area contributed by atoms with Gasteiger partial charge >= 0.3 is 0 Å². The number of rotatable bonds is 5. The molecule has 1 aromatic carbocycles. The molecule has 2 aromatic rings. The normalized spacial score (nSPS) is 17.7. The maximum absolute atomic E-state index is 13.1. The Balaban J connectivity index is 1.77. The lowest BCUT2D eigenvalue weighted by molar-refractivity contribution is -0.125. The maximum Gasteiger partial charge on any atom is 0.244 e. The third-order valence-electron chi connectivity index (χ3n) is 5.16. The predicted octanol–water partition coefficient (Wildman–Crippen LogP) is 3.33. The average molecular weight is 353 g/mol. The van der Waals surface area contributed by atoms with Gasteiger partial charge in [0.15, 0.2) is 0 Å². The van der Waals surface area contributed by atoms with Gasteiger partial charge in [-0.15, -0.1) is 0 Å². The molecule has 0 spiro atoms. The van der Waals surface area contributed by atoms with Crippen molar-refractivity contribution in [2.24, 2.45) is 0 Å². The van der Waals surface area contributed by atoms with E-state index in [1.165, 1.54) is 0 Å². The average Bonchev–Trinajstić information content (AvgIpc) is 2.65. The second-order valence-corrected chi connectivity index (χ2v) is 6.94. The highest BCUT2D eigenvalue weighted by Gasteiger charge is 2.32. The zero-order valence-corrected chi connectivity index (χ0v) is 16.0. The molecule has 1 aliphatic heterocycles. The molecule has 1 atom stereocenters. The van der Waals surface area contributed by atoms with Gasteiger partial charge in [-0.25, -0.2) is 0 Å². The molecule has 1 fully saturated rings. The van der Waals surface area contributed by atoms with Gasteiger partial charge in [0, 0.05) is 36.1 Å². The number of methoxy groups -OCH3 is 1. The Bertz CT molecular complexity index is 776. The summed E-state index contributed by atoms with van der Waals surface area (Å²) in [5.41, 5.74) is 4.00. The molecule has 1 amide bonds. The highest BCUT2D eigenvalue weighted by molar-refractivity contribution is 5.97. The van der Waals surface area contributed by atoms with Gasteiger partial charge < -0.3 is 9.64 Å². The number of benzene rings is 1. The number of carbonyl (C=O) groups is 1. The quantitative estimate of drug-likeness (QED) is 0.827. The van der Waals surface area contributed by atoms with E-state index in [-0.39, 0.29) is 11.9 Å². The number of carbonyl (C=O) groups excluding carboxylic acids is 1. The minimum absolute atomic E-state index is 0.127. The third-order valence-corrected chi connectivity index (χ3v) is 5.16. The van der Waals surface area contributed by atoms with E-state index in [1.807, 2.05) is 62.3 Å². The summed E-state index contributed by atoms with van der Waals surface area (Å²) in [5.74, 6) is 1.05. The van der Waals surface area contributed by atoms with Gasteiger partial charge in [-0.3, -0.25) is 14.7 Å². The predicted molar refractivity (Wildman–Crippen MR) is 104 cm³/mol. The highest BCUT2D eigenvalue weighted by Crippen LogP contribution is 2.27. The number of para-hydroxylation sites is 1. The van der Waals surface area contributed by atoms with Gasteiger partial charge in [-0.1, -0.05) is 18.2 Å². The van der Waals surface area contributed by atoms with Gasteiger partial charge in [-0.2, -0.15) is 0 Å². The smallest absolute Gasteiger partial charge is 0.244 e. The SMILES string of the molecule is COc1c(C)cnc(CN(C)C2CCCN(c3ccccc3)C2=O)c1C. The number of hydrogen-bond acceptors (Lipinski definition) is 4. The lowest BCUT2D eigenvalue weighted by atomic mass is 10.0. The number of piperidine rings is 1. The van der Waals surface area contributed by atoms with Crippen molar-refractivity contribution >= 4 is 11.6 Å². The molecule has 1 aromatic heterocycles. The van der Waals surface area contributed by atoms with Crippen LogP contribution in [0.2, 0.25) is 0 Å². The summed E-state index contributed by atoms with van der Waals surface area (Å²) in [6.45, 7) is 5.43. The molecule has 2 heterocycles. The fraction of sp³-hybridized carbons (Fsp3) is 0.429. The van der Waals surface area contributed by atoms with Crippen LogP contribution in [0.1, 0.15) is 29.7 Å². The minimum Gasteiger partial charge on any atom is -0.496 e. The van der Waals surface area contributed by atoms with Crippen molar-refractivity contribution in [2.45, 2.75) is 39.3 Å². The first kappa shape index (κ1) is 18.4. The van der Waals surface area contributed by atoms with Crippen LogP contribution in [0.5, 0.6) is 5.75 Å². The number of aryl methyl sites for hydroxylation is 1. The number of aromatic nitrogens is 1. The molecule has 26 heavy (non-hydrogen) atoms. The van der Waals surface area contributed by atoms with Crippen LogP contribution >= 0.6 is 0 Å². The van der Waals surface area contributed by atoms with Crippen LogP contribution in [0.4, 0.5) is 5.69 Å². The molecule has 0 N–H and O–H groups in total. The van der Waals surface area contributed by atoms with Crippen LogP contribution in [0.15, 0.2) is 36.5 Å². The van der Waals surface area contributed by atoms with Crippen molar-refractivity contribution in [3.05, 3.63) is 53.3 Å². The molecule has 1 unspecified atom stereocenters. The van der Waals surface area contributed by atoms with Crippen LogP contribution in [-0.4, -0.2) is 42.5 Å². The van der Waals surface area contributed by atoms with E-state index >= 15 is 0 Å². The first-order chi connectivity index (χ1) is 12.5. The summed E-state index contributed by atoms with van der Waals surface area (Å²) in [6.07, 6.45) is 3.72. The molecule has 5 nitrogen and oxygen atoms in total. The van der Waals surface area contributed by atoms with Crippen molar-refractivity contribution in [3.8, 4) is 5.75 Å². The fourth-order valence-electron chi connectivity index (χ4n) is 3.71. The van der Waals surface area contributed by atoms with Crippen molar-refractivity contribution in [1.29, 1.82) is 0 Å². The number of likely N-dealkylation sites (N-methyl/N-ethyl adjacent to an activating group) is 1. The van der Waals surface area contributed by atoms with Gasteiger partial charge in [0.1, 0.15) is 5.75 Å². The number of anilines is 1. The van der Waals surface area contributed by atoms with Gasteiger partial charge in [0.05, 0.1) is 18.8 Å². The summed E-state index contributed by atoms with van der Waals surface area (Å²) in [6, 6.07) is 9.79. The molecule has 0 saturated carbocycles. The Hall–Kier alpha value is -2.40. The molecule has 0 bridgehead atoms. The van der Waals surface area contributed by atoms with E-state index in [4.69, 9.17) is 4.74 Å². The van der Waals surface area contributed by atoms with Crippen LogP contribution in [0, 0.1) is 13.8 Å². The van der Waals surface area contributed by atoms with Crippen LogP contribution in [0.25, 0.3) is 0 Å². The summed E-state index contributed by atoms with van der Waals surface area (Å²) < 4.78 is 5.51. The summed E-state index contributed by atoms with van der Waals surface area (Å²) in [4.78, 5) is 21.7. The second kappa shape index (κ2) is 7.87. The highest BCUT2D eigenvalue weighted by atomic mass is 16.5. The second-order valence-electron chi connectivity index (χ2n) is 6.94. The van der Waals surface area contributed by atoms with Gasteiger partial charge in [0.2, 0.25) is 5.91 Å².